The molecule has 0 aromatic rings. The molecule has 5 nitrogen and oxygen atoms in total. The van der Waals surface area contributed by atoms with Crippen molar-refractivity contribution in [2.45, 2.75) is 13.0 Å². The van der Waals surface area contributed by atoms with Gasteiger partial charge in [-0.15, -0.1) is 0 Å². The molecule has 0 fully saturated rings. The molecule has 0 saturated heterocycles. The first-order valence-corrected chi connectivity index (χ1v) is 4.01. The highest BCUT2D eigenvalue weighted by molar-refractivity contribution is 5.80. The van der Waals surface area contributed by atoms with E-state index in [1.807, 2.05) is 0 Å². The predicted octanol–water partition coefficient (Wildman–Crippen LogP) is 0.928. The zero-order valence-electron chi connectivity index (χ0n) is 7.90. The molecule has 0 aliphatic carbocycles. The molecule has 1 atom stereocenters. The van der Waals surface area contributed by atoms with Crippen LogP contribution in [-0.2, 0) is 9.53 Å². The molecule has 0 rings (SSSR count). The number of nitrogens with one attached hydrogen (secondary N) is 1. The van der Waals surface area contributed by atoms with Gasteiger partial charge in [0.25, 0.3) is 0 Å². The number of carbonyl (C=O) groups is 2. The van der Waals surface area contributed by atoms with E-state index in [0.717, 1.165) is 6.08 Å². The molecule has 0 spiro atoms. The lowest BCUT2D eigenvalue weighted by molar-refractivity contribution is -0.131. The minimum absolute atomic E-state index is 0.126. The minimum atomic E-state index is -1.06. The van der Waals surface area contributed by atoms with Gasteiger partial charge in [-0.25, -0.2) is 9.59 Å². The normalized spacial score (nSPS) is 12.1. The van der Waals surface area contributed by atoms with Crippen LogP contribution in [0.4, 0.5) is 4.79 Å². The summed E-state index contributed by atoms with van der Waals surface area (Å²) in [5.74, 6) is -1.06. The van der Waals surface area contributed by atoms with Crippen LogP contribution in [-0.4, -0.2) is 29.8 Å². The Morgan fingerprint density at radius 3 is 2.79 bits per heavy atom. The van der Waals surface area contributed by atoms with E-state index in [-0.39, 0.29) is 12.6 Å². The Labute approximate surface area is 82.1 Å². The molecule has 0 radical (unpaired) electrons. The highest BCUT2D eigenvalue weighted by Crippen LogP contribution is 1.87. The number of ether oxygens (including phenoxy) is 1. The summed E-state index contributed by atoms with van der Waals surface area (Å²) in [6.07, 6.45) is 3.14. The van der Waals surface area contributed by atoms with Crippen molar-refractivity contribution in [3.8, 4) is 0 Å². The molecule has 0 saturated carbocycles. The molecule has 5 heteroatoms. The number of rotatable bonds is 5. The van der Waals surface area contributed by atoms with Crippen molar-refractivity contribution in [2.75, 3.05) is 6.61 Å². The Kier molecular flexibility index (Phi) is 5.85. The van der Waals surface area contributed by atoms with Crippen molar-refractivity contribution in [3.05, 3.63) is 24.8 Å². The van der Waals surface area contributed by atoms with Crippen LogP contribution in [0.15, 0.2) is 24.8 Å². The Hall–Kier alpha value is -1.78. The fraction of sp³-hybridized carbons (Fsp3) is 0.333. The van der Waals surface area contributed by atoms with Crippen LogP contribution < -0.4 is 5.32 Å². The highest BCUT2D eigenvalue weighted by atomic mass is 16.5. The average molecular weight is 199 g/mol. The maximum Gasteiger partial charge on any atom is 0.407 e. The van der Waals surface area contributed by atoms with Crippen molar-refractivity contribution >= 4 is 12.1 Å². The Balaban J connectivity index is 3.81. The number of hydrogen-bond donors (Lipinski definition) is 2. The summed E-state index contributed by atoms with van der Waals surface area (Å²) in [4.78, 5) is 21.0. The van der Waals surface area contributed by atoms with Crippen molar-refractivity contribution < 1.29 is 19.4 Å². The van der Waals surface area contributed by atoms with Gasteiger partial charge in [0.15, 0.2) is 0 Å². The number of hydrogen-bond acceptors (Lipinski definition) is 3. The number of aliphatic carboxylic acids is 1. The van der Waals surface area contributed by atoms with Crippen LogP contribution in [0.1, 0.15) is 6.92 Å². The van der Waals surface area contributed by atoms with Gasteiger partial charge in [0.1, 0.15) is 6.61 Å². The highest BCUT2D eigenvalue weighted by Gasteiger charge is 2.04. The number of carboxylic acids is 1. The summed E-state index contributed by atoms with van der Waals surface area (Å²) in [7, 11) is 0. The van der Waals surface area contributed by atoms with Crippen LogP contribution in [0, 0.1) is 0 Å². The number of amides is 1. The molecular formula is C9H13NO4. The van der Waals surface area contributed by atoms with Gasteiger partial charge >= 0.3 is 12.1 Å². The SMILES string of the molecule is C=CCOC(=O)NC(C)/C=C/C(=O)O. The quantitative estimate of drug-likeness (QED) is 0.510. The Morgan fingerprint density at radius 1 is 1.64 bits per heavy atom. The third-order valence-electron chi connectivity index (χ3n) is 1.21. The summed E-state index contributed by atoms with van der Waals surface area (Å²) in [5.41, 5.74) is 0. The molecule has 14 heavy (non-hydrogen) atoms. The van der Waals surface area contributed by atoms with E-state index in [1.54, 1.807) is 6.92 Å². The first kappa shape index (κ1) is 12.2. The minimum Gasteiger partial charge on any atom is -0.478 e. The van der Waals surface area contributed by atoms with Gasteiger partial charge in [-0.2, -0.15) is 0 Å². The summed E-state index contributed by atoms with van der Waals surface area (Å²) in [6, 6.07) is -0.386. The molecule has 78 valence electrons. The van der Waals surface area contributed by atoms with E-state index < -0.39 is 12.1 Å². The smallest absolute Gasteiger partial charge is 0.407 e. The second kappa shape index (κ2) is 6.71. The second-order valence-corrected chi connectivity index (χ2v) is 2.52. The molecular weight excluding hydrogens is 186 g/mol. The number of carbonyl (C=O) groups excluding carboxylic acids is 1. The molecule has 1 unspecified atom stereocenters. The largest absolute Gasteiger partial charge is 0.478 e. The molecule has 0 aliphatic heterocycles. The summed E-state index contributed by atoms with van der Waals surface area (Å²) in [5, 5.41) is 10.7. The van der Waals surface area contributed by atoms with Crippen molar-refractivity contribution in [3.63, 3.8) is 0 Å². The first-order chi connectivity index (χ1) is 6.56. The average Bonchev–Trinajstić information content (AvgIpc) is 2.11. The van der Waals surface area contributed by atoms with E-state index in [2.05, 4.69) is 16.6 Å². The fourth-order valence-electron chi connectivity index (χ4n) is 0.637. The van der Waals surface area contributed by atoms with Gasteiger partial charge in [0.05, 0.1) is 0 Å². The van der Waals surface area contributed by atoms with Crippen LogP contribution in [0.5, 0.6) is 0 Å². The van der Waals surface area contributed by atoms with Crippen molar-refractivity contribution in [2.24, 2.45) is 0 Å². The predicted molar refractivity (Wildman–Crippen MR) is 50.9 cm³/mol. The lowest BCUT2D eigenvalue weighted by Crippen LogP contribution is -2.31. The van der Waals surface area contributed by atoms with Crippen LogP contribution in [0.2, 0.25) is 0 Å². The second-order valence-electron chi connectivity index (χ2n) is 2.52. The van der Waals surface area contributed by atoms with Gasteiger partial charge in [0, 0.05) is 12.1 Å². The molecule has 0 aromatic carbocycles. The van der Waals surface area contributed by atoms with Gasteiger partial charge < -0.3 is 15.2 Å². The standard InChI is InChI=1S/C9H13NO4/c1-3-6-14-9(13)10-7(2)4-5-8(11)12/h3-5,7H,1,6H2,2H3,(H,10,13)(H,11,12)/b5-4+. The third kappa shape index (κ3) is 6.90. The fourth-order valence-corrected chi connectivity index (χ4v) is 0.637. The van der Waals surface area contributed by atoms with Gasteiger partial charge in [-0.05, 0) is 6.92 Å². The van der Waals surface area contributed by atoms with Gasteiger partial charge in [-0.1, -0.05) is 18.7 Å². The topological polar surface area (TPSA) is 75.6 Å². The number of alkyl carbamates (subject to hydrolysis) is 1. The maximum atomic E-state index is 10.9. The summed E-state index contributed by atoms with van der Waals surface area (Å²) in [6.45, 7) is 5.13. The van der Waals surface area contributed by atoms with Gasteiger partial charge in [0.2, 0.25) is 0 Å². The maximum absolute atomic E-state index is 10.9. The van der Waals surface area contributed by atoms with Gasteiger partial charge in [-0.3, -0.25) is 0 Å². The van der Waals surface area contributed by atoms with Crippen LogP contribution in [0.3, 0.4) is 0 Å². The number of carboxylic acid groups (broad SMARTS) is 1. The molecule has 0 aliphatic rings. The van der Waals surface area contributed by atoms with E-state index in [0.29, 0.717) is 0 Å². The van der Waals surface area contributed by atoms with Crippen molar-refractivity contribution in [1.82, 2.24) is 5.32 Å². The molecule has 0 heterocycles. The van der Waals surface area contributed by atoms with E-state index >= 15 is 0 Å². The molecule has 2 N–H and O–H groups in total. The molecule has 1 amide bonds. The zero-order valence-corrected chi connectivity index (χ0v) is 7.90. The van der Waals surface area contributed by atoms with E-state index in [1.165, 1.54) is 12.2 Å². The van der Waals surface area contributed by atoms with E-state index in [9.17, 15) is 9.59 Å². The third-order valence-corrected chi connectivity index (χ3v) is 1.21. The van der Waals surface area contributed by atoms with Crippen LogP contribution >= 0.6 is 0 Å². The molecule has 0 aromatic heterocycles. The lowest BCUT2D eigenvalue weighted by atomic mass is 10.3. The monoisotopic (exact) mass is 199 g/mol. The van der Waals surface area contributed by atoms with Crippen molar-refractivity contribution in [1.29, 1.82) is 0 Å². The Morgan fingerprint density at radius 2 is 2.29 bits per heavy atom. The molecule has 0 bridgehead atoms. The summed E-state index contributed by atoms with van der Waals surface area (Å²) < 4.78 is 4.62. The lowest BCUT2D eigenvalue weighted by Gasteiger charge is -2.08. The first-order valence-electron chi connectivity index (χ1n) is 4.01. The van der Waals surface area contributed by atoms with Crippen LogP contribution in [0.25, 0.3) is 0 Å². The van der Waals surface area contributed by atoms with E-state index in [4.69, 9.17) is 5.11 Å². The zero-order chi connectivity index (χ0) is 11.0. The summed E-state index contributed by atoms with van der Waals surface area (Å²) >= 11 is 0. The Bertz CT molecular complexity index is 247.